The fourth-order valence-corrected chi connectivity index (χ4v) is 14.4. The Labute approximate surface area is 357 Å². The molecule has 4 fully saturated rings. The van der Waals surface area contributed by atoms with Gasteiger partial charge in [0.15, 0.2) is 0 Å². The number of hydrogen-bond acceptors (Lipinski definition) is 1. The van der Waals surface area contributed by atoms with Gasteiger partial charge in [-0.3, -0.25) is 0 Å². The second-order valence-corrected chi connectivity index (χ2v) is 18.8. The summed E-state index contributed by atoms with van der Waals surface area (Å²) in [7, 11) is 0. The minimum absolute atomic E-state index is 0.0111. The van der Waals surface area contributed by atoms with Crippen LogP contribution in [0.25, 0.3) is 38.6 Å². The van der Waals surface area contributed by atoms with Crippen molar-refractivity contribution in [3.63, 3.8) is 0 Å². The van der Waals surface area contributed by atoms with Gasteiger partial charge in [-0.15, -0.1) is 0 Å². The molecule has 0 atom stereocenters. The maximum atomic E-state index is 2.64. The summed E-state index contributed by atoms with van der Waals surface area (Å²) < 4.78 is 2.42. The van der Waals surface area contributed by atoms with Gasteiger partial charge in [0.1, 0.15) is 0 Å². The molecule has 1 heterocycles. The van der Waals surface area contributed by atoms with Crippen LogP contribution in [0.15, 0.2) is 194 Å². The first-order chi connectivity index (χ1) is 30.2. The molecule has 4 saturated carbocycles. The molecule has 0 aliphatic heterocycles. The number of para-hydroxylation sites is 3. The van der Waals surface area contributed by atoms with Gasteiger partial charge in [0.25, 0.3) is 0 Å². The van der Waals surface area contributed by atoms with E-state index in [1.807, 2.05) is 0 Å². The third-order valence-corrected chi connectivity index (χ3v) is 16.2. The molecule has 0 N–H and O–H groups in total. The van der Waals surface area contributed by atoms with Crippen molar-refractivity contribution in [2.24, 2.45) is 23.7 Å². The number of hydrogen-bond donors (Lipinski definition) is 0. The molecule has 2 heteroatoms. The lowest BCUT2D eigenvalue weighted by Crippen LogP contribution is -2.59. The van der Waals surface area contributed by atoms with Gasteiger partial charge in [-0.25, -0.2) is 0 Å². The van der Waals surface area contributed by atoms with Gasteiger partial charge in [0, 0.05) is 38.9 Å². The molecule has 0 radical (unpaired) electrons. The number of anilines is 3. The van der Waals surface area contributed by atoms with E-state index in [9.17, 15) is 0 Å². The van der Waals surface area contributed by atoms with Crippen molar-refractivity contribution >= 4 is 38.9 Å². The van der Waals surface area contributed by atoms with Crippen LogP contribution in [-0.4, -0.2) is 4.57 Å². The van der Waals surface area contributed by atoms with Gasteiger partial charge in [-0.2, -0.15) is 0 Å². The van der Waals surface area contributed by atoms with Gasteiger partial charge >= 0.3 is 0 Å². The smallest absolute Gasteiger partial charge is 0.0720 e. The average molecular weight is 783 g/mol. The monoisotopic (exact) mass is 782 g/mol. The van der Waals surface area contributed by atoms with E-state index < -0.39 is 5.41 Å². The van der Waals surface area contributed by atoms with Crippen LogP contribution < -0.4 is 4.90 Å². The van der Waals surface area contributed by atoms with Crippen LogP contribution in [0.5, 0.6) is 0 Å². The highest BCUT2D eigenvalue weighted by Crippen LogP contribution is 2.71. The summed E-state index contributed by atoms with van der Waals surface area (Å²) in [6.45, 7) is 0. The maximum absolute atomic E-state index is 2.64. The summed E-state index contributed by atoms with van der Waals surface area (Å²) in [5.41, 5.74) is 18.5. The van der Waals surface area contributed by atoms with Crippen LogP contribution in [0.2, 0.25) is 0 Å². The van der Waals surface area contributed by atoms with Crippen molar-refractivity contribution < 1.29 is 0 Å². The van der Waals surface area contributed by atoms with Crippen LogP contribution in [0.4, 0.5) is 17.1 Å². The summed E-state index contributed by atoms with van der Waals surface area (Å²) in [6, 6.07) is 74.1. The van der Waals surface area contributed by atoms with Gasteiger partial charge in [-0.05, 0) is 161 Å². The second-order valence-electron chi connectivity index (χ2n) is 18.8. The summed E-state index contributed by atoms with van der Waals surface area (Å²) in [4.78, 5) is 2.50. The highest BCUT2D eigenvalue weighted by atomic mass is 15.1. The predicted molar refractivity (Wildman–Crippen MR) is 251 cm³/mol. The second kappa shape index (κ2) is 12.5. The molecule has 4 bridgehead atoms. The Hall–Kier alpha value is -6.64. The van der Waals surface area contributed by atoms with E-state index in [2.05, 4.69) is 204 Å². The quantitative estimate of drug-likeness (QED) is 0.173. The van der Waals surface area contributed by atoms with Gasteiger partial charge in [0.2, 0.25) is 0 Å². The minimum atomic E-state index is -0.433. The van der Waals surface area contributed by atoms with E-state index in [-0.39, 0.29) is 5.41 Å². The van der Waals surface area contributed by atoms with E-state index >= 15 is 0 Å². The van der Waals surface area contributed by atoms with E-state index in [0.717, 1.165) is 28.9 Å². The first-order valence-corrected chi connectivity index (χ1v) is 22.6. The lowest BCUT2D eigenvalue weighted by Gasteiger charge is -2.65. The highest BCUT2D eigenvalue weighted by molar-refractivity contribution is 6.09. The maximum Gasteiger partial charge on any atom is 0.0720 e. The molecule has 6 aliphatic rings. The summed E-state index contributed by atoms with van der Waals surface area (Å²) in [6.07, 6.45) is 6.88. The van der Waals surface area contributed by atoms with Crippen LogP contribution in [0.3, 0.4) is 0 Å². The largest absolute Gasteiger partial charge is 0.310 e. The van der Waals surface area contributed by atoms with Crippen molar-refractivity contribution in [1.29, 1.82) is 0 Å². The standard InChI is InChI=1S/C59H46N2/c1-2-14-42(15-3-1)60(43-26-28-44(29-27-43)61-56-24-12-6-18-48(56)49-19-7-13-25-57(49)61)45-30-31-54-55(37-45)59(50-20-8-4-16-46(50)47-17-5-9-21-51(47)59)53-23-11-10-22-52(53)58(54)40-33-38-32-39(35-40)36-41(58)34-38/h1-31,37-41H,32-36H2. The van der Waals surface area contributed by atoms with E-state index in [1.54, 1.807) is 11.1 Å². The zero-order valence-electron chi connectivity index (χ0n) is 34.2. The summed E-state index contributed by atoms with van der Waals surface area (Å²) in [5, 5.41) is 2.56. The van der Waals surface area contributed by atoms with Crippen molar-refractivity contribution in [1.82, 2.24) is 4.57 Å². The molecule has 6 aliphatic carbocycles. The summed E-state index contributed by atoms with van der Waals surface area (Å²) in [5.74, 6) is 3.09. The molecular weight excluding hydrogens is 737 g/mol. The summed E-state index contributed by atoms with van der Waals surface area (Å²) >= 11 is 0. The molecular formula is C59H46N2. The fourth-order valence-electron chi connectivity index (χ4n) is 14.4. The van der Waals surface area contributed by atoms with Crippen LogP contribution in [0, 0.1) is 23.7 Å². The molecule has 292 valence electrons. The van der Waals surface area contributed by atoms with E-state index in [4.69, 9.17) is 0 Å². The lowest BCUT2D eigenvalue weighted by atomic mass is 9.38. The van der Waals surface area contributed by atoms with Crippen molar-refractivity contribution in [2.45, 2.75) is 42.9 Å². The fraction of sp³-hybridized carbons (Fsp3) is 0.186. The molecule has 8 aromatic carbocycles. The molecule has 0 amide bonds. The minimum Gasteiger partial charge on any atom is -0.310 e. The van der Waals surface area contributed by atoms with Gasteiger partial charge in [0.05, 0.1) is 16.4 Å². The normalized spacial score (nSPS) is 23.3. The Bertz CT molecular complexity index is 3100. The molecule has 0 unspecified atom stereocenters. The Balaban J connectivity index is 1.02. The molecule has 1 aromatic heterocycles. The Morgan fingerprint density at radius 1 is 0.377 bits per heavy atom. The Kier molecular flexibility index (Phi) is 6.97. The number of rotatable bonds is 4. The zero-order chi connectivity index (χ0) is 39.9. The zero-order valence-corrected chi connectivity index (χ0v) is 34.2. The molecule has 9 aromatic rings. The third-order valence-electron chi connectivity index (χ3n) is 16.2. The highest BCUT2D eigenvalue weighted by Gasteiger charge is 2.64. The van der Waals surface area contributed by atoms with E-state index in [1.165, 1.54) is 93.0 Å². The third kappa shape index (κ3) is 4.38. The average Bonchev–Trinajstić information content (AvgIpc) is 3.81. The van der Waals surface area contributed by atoms with Crippen molar-refractivity contribution in [3.8, 4) is 16.8 Å². The lowest BCUT2D eigenvalue weighted by molar-refractivity contribution is -0.0440. The number of nitrogens with zero attached hydrogens (tertiary/aromatic N) is 2. The van der Waals surface area contributed by atoms with Crippen LogP contribution in [0.1, 0.15) is 65.5 Å². The number of aromatic nitrogens is 1. The van der Waals surface area contributed by atoms with Crippen LogP contribution in [-0.2, 0) is 10.8 Å². The van der Waals surface area contributed by atoms with Crippen molar-refractivity contribution in [3.05, 3.63) is 228 Å². The molecule has 61 heavy (non-hydrogen) atoms. The first kappa shape index (κ1) is 34.1. The molecule has 2 nitrogen and oxygen atoms in total. The van der Waals surface area contributed by atoms with Gasteiger partial charge in [-0.1, -0.05) is 133 Å². The topological polar surface area (TPSA) is 8.17 Å². The van der Waals surface area contributed by atoms with E-state index in [0.29, 0.717) is 11.8 Å². The molecule has 15 rings (SSSR count). The number of benzene rings is 8. The van der Waals surface area contributed by atoms with Gasteiger partial charge < -0.3 is 9.47 Å². The first-order valence-electron chi connectivity index (χ1n) is 22.6. The predicted octanol–water partition coefficient (Wildman–Crippen LogP) is 14.7. The number of fused-ring (bicyclic) bond motifs is 12. The Morgan fingerprint density at radius 3 is 1.48 bits per heavy atom. The van der Waals surface area contributed by atoms with Crippen LogP contribution >= 0.6 is 0 Å². The van der Waals surface area contributed by atoms with Crippen molar-refractivity contribution in [2.75, 3.05) is 4.90 Å². The Morgan fingerprint density at radius 2 is 0.852 bits per heavy atom. The SMILES string of the molecule is c1ccc(N(c2ccc(-n3c4ccccc4c4ccccc43)cc2)c2ccc3c(c2)C2(c4ccccc4-c4ccccc42)c2ccccc2C32C3CC4CC(C3)CC2C4)cc1. The molecule has 0 saturated heterocycles. The molecule has 2 spiro atoms.